The van der Waals surface area contributed by atoms with E-state index in [1.54, 1.807) is 6.92 Å². The van der Waals surface area contributed by atoms with E-state index in [1.807, 2.05) is 61.5 Å². The summed E-state index contributed by atoms with van der Waals surface area (Å²) in [5.74, 6) is 1.46. The minimum Gasteiger partial charge on any atom is -0.323 e. The molecular formula is C21H18N4O. The van der Waals surface area contributed by atoms with Crippen LogP contribution in [0, 0.1) is 6.92 Å². The summed E-state index contributed by atoms with van der Waals surface area (Å²) in [6, 6.07) is 19.6. The maximum Gasteiger partial charge on any atom is 0.159 e. The van der Waals surface area contributed by atoms with Crippen LogP contribution < -0.4 is 5.32 Å². The summed E-state index contributed by atoms with van der Waals surface area (Å²) in [6.45, 7) is 3.52. The van der Waals surface area contributed by atoms with Crippen molar-refractivity contribution in [2.75, 3.05) is 5.32 Å². The number of pyridine rings is 1. The van der Waals surface area contributed by atoms with Crippen LogP contribution in [0.5, 0.6) is 0 Å². The van der Waals surface area contributed by atoms with Crippen LogP contribution in [0.3, 0.4) is 0 Å². The van der Waals surface area contributed by atoms with Crippen molar-refractivity contribution >= 4 is 28.2 Å². The average Bonchev–Trinajstić information content (AvgIpc) is 3.06. The van der Waals surface area contributed by atoms with Crippen LogP contribution in [0.1, 0.15) is 23.0 Å². The molecule has 5 heteroatoms. The molecule has 4 rings (SSSR count). The summed E-state index contributed by atoms with van der Waals surface area (Å²) in [7, 11) is 0. The lowest BCUT2D eigenvalue weighted by molar-refractivity contribution is 0.101. The number of Topliss-reactive ketones (excluding diaryl/α,β-unsaturated/α-hetero) is 1. The summed E-state index contributed by atoms with van der Waals surface area (Å²) >= 11 is 0. The zero-order valence-electron chi connectivity index (χ0n) is 14.6. The molecule has 0 radical (unpaired) electrons. The van der Waals surface area contributed by atoms with Gasteiger partial charge in [0, 0.05) is 28.3 Å². The van der Waals surface area contributed by atoms with Crippen LogP contribution in [0.25, 0.3) is 22.0 Å². The third kappa shape index (κ3) is 3.07. The molecule has 4 aromatic rings. The smallest absolute Gasteiger partial charge is 0.159 e. The highest BCUT2D eigenvalue weighted by Crippen LogP contribution is 2.30. The van der Waals surface area contributed by atoms with Crippen LogP contribution in [0.4, 0.5) is 11.6 Å². The lowest BCUT2D eigenvalue weighted by Crippen LogP contribution is -1.98. The summed E-state index contributed by atoms with van der Waals surface area (Å²) in [5.41, 5.74) is 3.40. The lowest BCUT2D eigenvalue weighted by Gasteiger charge is -2.11. The van der Waals surface area contributed by atoms with E-state index in [-0.39, 0.29) is 5.78 Å². The average molecular weight is 342 g/mol. The van der Waals surface area contributed by atoms with Gasteiger partial charge in [0.1, 0.15) is 5.82 Å². The van der Waals surface area contributed by atoms with Crippen molar-refractivity contribution < 1.29 is 4.79 Å². The first kappa shape index (κ1) is 16.0. The summed E-state index contributed by atoms with van der Waals surface area (Å²) < 4.78 is 0. The largest absolute Gasteiger partial charge is 0.323 e. The van der Waals surface area contributed by atoms with E-state index in [2.05, 4.69) is 21.6 Å². The van der Waals surface area contributed by atoms with Gasteiger partial charge in [0.15, 0.2) is 11.6 Å². The van der Waals surface area contributed by atoms with Crippen molar-refractivity contribution in [3.63, 3.8) is 0 Å². The van der Waals surface area contributed by atoms with E-state index < -0.39 is 0 Å². The number of hydrogen-bond acceptors (Lipinski definition) is 4. The third-order valence-electron chi connectivity index (χ3n) is 4.24. The first-order chi connectivity index (χ1) is 12.6. The minimum atomic E-state index is 0.0393. The Balaban J connectivity index is 1.87. The third-order valence-corrected chi connectivity index (χ3v) is 4.24. The minimum absolute atomic E-state index is 0.0393. The quantitative estimate of drug-likeness (QED) is 0.519. The number of anilines is 2. The van der Waals surface area contributed by atoms with Crippen LogP contribution in [0.15, 0.2) is 60.7 Å². The normalized spacial score (nSPS) is 10.8. The van der Waals surface area contributed by atoms with Crippen LogP contribution in [0.2, 0.25) is 0 Å². The maximum absolute atomic E-state index is 11.8. The van der Waals surface area contributed by atoms with Gasteiger partial charge < -0.3 is 5.32 Å². The number of fused-ring (bicyclic) bond motifs is 1. The van der Waals surface area contributed by atoms with Crippen molar-refractivity contribution in [1.29, 1.82) is 0 Å². The Morgan fingerprint density at radius 1 is 1.00 bits per heavy atom. The highest BCUT2D eigenvalue weighted by Gasteiger charge is 2.11. The van der Waals surface area contributed by atoms with Crippen molar-refractivity contribution in [3.8, 4) is 11.3 Å². The SMILES string of the molecule is CC(=O)c1cccc(-c2nc(Nc3cc(C)[nH]n3)cc3ccccc23)c1. The lowest BCUT2D eigenvalue weighted by atomic mass is 10.0. The molecule has 2 N–H and O–H groups in total. The zero-order chi connectivity index (χ0) is 18.1. The molecule has 0 aliphatic rings. The second kappa shape index (κ2) is 6.44. The van der Waals surface area contributed by atoms with Crippen molar-refractivity contribution in [1.82, 2.24) is 15.2 Å². The van der Waals surface area contributed by atoms with Gasteiger partial charge in [-0.15, -0.1) is 0 Å². The van der Waals surface area contributed by atoms with E-state index >= 15 is 0 Å². The maximum atomic E-state index is 11.8. The molecule has 0 unspecified atom stereocenters. The Bertz CT molecular complexity index is 1110. The fourth-order valence-electron chi connectivity index (χ4n) is 2.98. The molecule has 26 heavy (non-hydrogen) atoms. The Hall–Kier alpha value is -3.47. The molecule has 0 amide bonds. The van der Waals surface area contributed by atoms with E-state index in [1.165, 1.54) is 0 Å². The van der Waals surface area contributed by atoms with Gasteiger partial charge in [-0.25, -0.2) is 4.98 Å². The van der Waals surface area contributed by atoms with Gasteiger partial charge in [-0.3, -0.25) is 9.89 Å². The number of benzene rings is 2. The number of aromatic nitrogens is 3. The van der Waals surface area contributed by atoms with E-state index in [0.29, 0.717) is 17.2 Å². The number of rotatable bonds is 4. The number of carbonyl (C=O) groups excluding carboxylic acids is 1. The van der Waals surface area contributed by atoms with E-state index in [0.717, 1.165) is 27.7 Å². The number of nitrogens with one attached hydrogen (secondary N) is 2. The predicted molar refractivity (Wildman–Crippen MR) is 104 cm³/mol. The molecule has 0 saturated heterocycles. The Morgan fingerprint density at radius 3 is 2.62 bits per heavy atom. The predicted octanol–water partition coefficient (Wildman–Crippen LogP) is 4.88. The topological polar surface area (TPSA) is 70.7 Å². The van der Waals surface area contributed by atoms with Gasteiger partial charge in [0.25, 0.3) is 0 Å². The molecular weight excluding hydrogens is 324 g/mol. The highest BCUT2D eigenvalue weighted by atomic mass is 16.1. The standard InChI is InChI=1S/C21H18N4O/c1-13-10-20(25-24-13)22-19-12-16-6-3-4-9-18(16)21(23-19)17-8-5-7-15(11-17)14(2)26/h3-12H,1-2H3,(H2,22,23,24,25). The number of aryl methyl sites for hydroxylation is 1. The number of aromatic amines is 1. The number of hydrogen-bond donors (Lipinski definition) is 2. The molecule has 5 nitrogen and oxygen atoms in total. The first-order valence-corrected chi connectivity index (χ1v) is 8.40. The Labute approximate surface area is 151 Å². The van der Waals surface area contributed by atoms with Crippen LogP contribution >= 0.6 is 0 Å². The van der Waals surface area contributed by atoms with Crippen LogP contribution in [-0.4, -0.2) is 21.0 Å². The van der Waals surface area contributed by atoms with E-state index in [4.69, 9.17) is 4.98 Å². The number of nitrogens with zero attached hydrogens (tertiary/aromatic N) is 2. The number of carbonyl (C=O) groups is 1. The molecule has 0 spiro atoms. The van der Waals surface area contributed by atoms with Gasteiger partial charge in [0.2, 0.25) is 0 Å². The Morgan fingerprint density at radius 2 is 1.85 bits per heavy atom. The summed E-state index contributed by atoms with van der Waals surface area (Å²) in [6.07, 6.45) is 0. The van der Waals surface area contributed by atoms with Gasteiger partial charge in [0.05, 0.1) is 5.69 Å². The van der Waals surface area contributed by atoms with Crippen molar-refractivity contribution in [2.45, 2.75) is 13.8 Å². The summed E-state index contributed by atoms with van der Waals surface area (Å²) in [4.78, 5) is 16.6. The molecule has 2 heterocycles. The fraction of sp³-hybridized carbons (Fsp3) is 0.0952. The van der Waals surface area contributed by atoms with Gasteiger partial charge in [-0.2, -0.15) is 5.10 Å². The molecule has 0 saturated carbocycles. The molecule has 0 atom stereocenters. The second-order valence-corrected chi connectivity index (χ2v) is 6.28. The molecule has 0 aliphatic heterocycles. The van der Waals surface area contributed by atoms with E-state index in [9.17, 15) is 4.79 Å². The molecule has 2 aromatic heterocycles. The Kier molecular flexibility index (Phi) is 3.97. The zero-order valence-corrected chi connectivity index (χ0v) is 14.6. The monoisotopic (exact) mass is 342 g/mol. The molecule has 0 bridgehead atoms. The molecule has 0 aliphatic carbocycles. The number of H-pyrrole nitrogens is 1. The molecule has 2 aromatic carbocycles. The van der Waals surface area contributed by atoms with Crippen molar-refractivity contribution in [3.05, 3.63) is 71.9 Å². The molecule has 128 valence electrons. The van der Waals surface area contributed by atoms with Gasteiger partial charge >= 0.3 is 0 Å². The summed E-state index contributed by atoms with van der Waals surface area (Å²) in [5, 5.41) is 12.5. The first-order valence-electron chi connectivity index (χ1n) is 8.40. The van der Waals surface area contributed by atoms with Crippen molar-refractivity contribution in [2.24, 2.45) is 0 Å². The number of ketones is 1. The molecule has 0 fully saturated rings. The second-order valence-electron chi connectivity index (χ2n) is 6.28. The van der Waals surface area contributed by atoms with Gasteiger partial charge in [-0.05, 0) is 31.4 Å². The fourth-order valence-corrected chi connectivity index (χ4v) is 2.98. The van der Waals surface area contributed by atoms with Crippen LogP contribution in [-0.2, 0) is 0 Å². The van der Waals surface area contributed by atoms with Gasteiger partial charge in [-0.1, -0.05) is 42.5 Å². The highest BCUT2D eigenvalue weighted by molar-refractivity contribution is 5.99.